The lowest BCUT2D eigenvalue weighted by Gasteiger charge is -2.26. The first-order chi connectivity index (χ1) is 17.0. The van der Waals surface area contributed by atoms with Crippen LogP contribution < -0.4 is 4.90 Å². The van der Waals surface area contributed by atoms with E-state index in [0.29, 0.717) is 5.16 Å². The van der Waals surface area contributed by atoms with Crippen molar-refractivity contribution in [2.45, 2.75) is 32.0 Å². The van der Waals surface area contributed by atoms with E-state index in [1.807, 2.05) is 85.6 Å². The zero-order chi connectivity index (χ0) is 24.4. The number of amides is 1. The average Bonchev–Trinajstić information content (AvgIpc) is 3.47. The molecule has 2 heterocycles. The highest BCUT2D eigenvalue weighted by atomic mass is 32.2. The lowest BCUT2D eigenvalue weighted by atomic mass is 10.1. The van der Waals surface area contributed by atoms with Crippen LogP contribution in [-0.4, -0.2) is 37.5 Å². The van der Waals surface area contributed by atoms with E-state index in [9.17, 15) is 4.79 Å². The summed E-state index contributed by atoms with van der Waals surface area (Å²) >= 11 is 1.41. The first-order valence-corrected chi connectivity index (χ1v) is 12.6. The van der Waals surface area contributed by atoms with Gasteiger partial charge in [0.05, 0.1) is 11.4 Å². The molecule has 1 N–H and O–H groups in total. The molecule has 1 amide bonds. The predicted octanol–water partition coefficient (Wildman–Crippen LogP) is 6.26. The highest BCUT2D eigenvalue weighted by Gasteiger charge is 2.23. The van der Waals surface area contributed by atoms with Gasteiger partial charge < -0.3 is 9.88 Å². The number of anilines is 1. The van der Waals surface area contributed by atoms with Crippen LogP contribution in [0, 0.1) is 6.92 Å². The molecule has 0 aliphatic heterocycles. The van der Waals surface area contributed by atoms with Gasteiger partial charge >= 0.3 is 0 Å². The highest BCUT2D eigenvalue weighted by molar-refractivity contribution is 7.99. The highest BCUT2D eigenvalue weighted by Crippen LogP contribution is 2.33. The van der Waals surface area contributed by atoms with E-state index in [1.54, 1.807) is 0 Å². The third-order valence-corrected chi connectivity index (χ3v) is 6.88. The summed E-state index contributed by atoms with van der Waals surface area (Å²) in [7, 11) is 0. The van der Waals surface area contributed by atoms with E-state index in [2.05, 4.69) is 44.9 Å². The summed E-state index contributed by atoms with van der Waals surface area (Å²) in [6.07, 6.45) is 1.97. The molecule has 5 rings (SSSR count). The third kappa shape index (κ3) is 4.47. The topological polar surface area (TPSA) is 66.8 Å². The number of aromatic amines is 1. The number of nitrogens with zero attached hydrogens (tertiary/aromatic N) is 4. The molecule has 0 aliphatic carbocycles. The Labute approximate surface area is 209 Å². The van der Waals surface area contributed by atoms with Crippen molar-refractivity contribution >= 4 is 34.3 Å². The SMILES string of the molecule is Cc1ccccc1-n1c(SCC(=O)N(c2ccccc2)C(C)C)nnc1-c1c[nH]c2ccccc12. The summed E-state index contributed by atoms with van der Waals surface area (Å²) in [6.45, 7) is 6.13. The molecule has 0 atom stereocenters. The number of thioether (sulfide) groups is 1. The van der Waals surface area contributed by atoms with Crippen molar-refractivity contribution < 1.29 is 4.79 Å². The van der Waals surface area contributed by atoms with Crippen LogP contribution in [0.25, 0.3) is 28.0 Å². The zero-order valence-electron chi connectivity index (χ0n) is 20.0. The van der Waals surface area contributed by atoms with Crippen LogP contribution in [0.4, 0.5) is 5.69 Å². The molecule has 0 saturated carbocycles. The van der Waals surface area contributed by atoms with Gasteiger partial charge in [-0.05, 0) is 50.6 Å². The molecule has 6 nitrogen and oxygen atoms in total. The molecular formula is C28H27N5OS. The number of H-pyrrole nitrogens is 1. The van der Waals surface area contributed by atoms with Gasteiger partial charge in [-0.2, -0.15) is 0 Å². The molecule has 0 radical (unpaired) electrons. The second-order valence-corrected chi connectivity index (χ2v) is 9.60. The fraction of sp³-hybridized carbons (Fsp3) is 0.179. The molecule has 176 valence electrons. The summed E-state index contributed by atoms with van der Waals surface area (Å²) in [4.78, 5) is 18.5. The molecule has 5 aromatic rings. The maximum absolute atomic E-state index is 13.3. The van der Waals surface area contributed by atoms with Crippen molar-refractivity contribution in [3.05, 3.63) is 90.6 Å². The first kappa shape index (κ1) is 22.9. The Bertz CT molecular complexity index is 1470. The van der Waals surface area contributed by atoms with Gasteiger partial charge in [-0.25, -0.2) is 0 Å². The number of para-hydroxylation sites is 3. The van der Waals surface area contributed by atoms with Crippen molar-refractivity contribution in [3.8, 4) is 17.1 Å². The molecule has 0 bridgehead atoms. The Morgan fingerprint density at radius 1 is 0.971 bits per heavy atom. The largest absolute Gasteiger partial charge is 0.360 e. The van der Waals surface area contributed by atoms with Gasteiger partial charge in [0.2, 0.25) is 5.91 Å². The van der Waals surface area contributed by atoms with E-state index >= 15 is 0 Å². The Balaban J connectivity index is 1.52. The molecule has 0 saturated heterocycles. The van der Waals surface area contributed by atoms with Gasteiger partial charge in [0.1, 0.15) is 0 Å². The van der Waals surface area contributed by atoms with Crippen LogP contribution in [0.3, 0.4) is 0 Å². The van der Waals surface area contributed by atoms with Crippen molar-refractivity contribution in [2.24, 2.45) is 0 Å². The summed E-state index contributed by atoms with van der Waals surface area (Å²) in [5.74, 6) is 1.03. The molecule has 0 fully saturated rings. The van der Waals surface area contributed by atoms with Crippen LogP contribution in [0.1, 0.15) is 19.4 Å². The van der Waals surface area contributed by atoms with Crippen LogP contribution in [0.5, 0.6) is 0 Å². The lowest BCUT2D eigenvalue weighted by molar-refractivity contribution is -0.116. The van der Waals surface area contributed by atoms with Gasteiger partial charge in [0, 0.05) is 34.4 Å². The second kappa shape index (κ2) is 9.80. The number of fused-ring (bicyclic) bond motifs is 1. The van der Waals surface area contributed by atoms with Gasteiger partial charge in [-0.15, -0.1) is 10.2 Å². The molecule has 0 spiro atoms. The van der Waals surface area contributed by atoms with E-state index in [-0.39, 0.29) is 17.7 Å². The fourth-order valence-corrected chi connectivity index (χ4v) is 5.14. The number of carbonyl (C=O) groups is 1. The molecule has 7 heteroatoms. The summed E-state index contributed by atoms with van der Waals surface area (Å²) < 4.78 is 2.06. The number of nitrogens with one attached hydrogen (secondary N) is 1. The predicted molar refractivity (Wildman–Crippen MR) is 143 cm³/mol. The normalized spacial score (nSPS) is 11.3. The molecular weight excluding hydrogens is 454 g/mol. The van der Waals surface area contributed by atoms with Gasteiger partial charge in [-0.3, -0.25) is 9.36 Å². The van der Waals surface area contributed by atoms with Gasteiger partial charge in [0.25, 0.3) is 0 Å². The number of hydrogen-bond donors (Lipinski definition) is 1. The van der Waals surface area contributed by atoms with Crippen molar-refractivity contribution in [1.29, 1.82) is 0 Å². The van der Waals surface area contributed by atoms with E-state index < -0.39 is 0 Å². The van der Waals surface area contributed by atoms with Gasteiger partial charge in [0.15, 0.2) is 11.0 Å². The summed E-state index contributed by atoms with van der Waals surface area (Å²) in [5.41, 5.74) is 5.02. The summed E-state index contributed by atoms with van der Waals surface area (Å²) in [6, 6.07) is 26.2. The quantitative estimate of drug-likeness (QED) is 0.279. The molecule has 2 aromatic heterocycles. The minimum absolute atomic E-state index is 0.0316. The Kier molecular flexibility index (Phi) is 6.42. The number of rotatable bonds is 7. The maximum atomic E-state index is 13.3. The second-order valence-electron chi connectivity index (χ2n) is 8.66. The molecule has 0 aliphatic rings. The molecule has 3 aromatic carbocycles. The number of aromatic nitrogens is 4. The van der Waals surface area contributed by atoms with E-state index in [4.69, 9.17) is 0 Å². The lowest BCUT2D eigenvalue weighted by Crippen LogP contribution is -2.38. The molecule has 35 heavy (non-hydrogen) atoms. The smallest absolute Gasteiger partial charge is 0.237 e. The van der Waals surface area contributed by atoms with Crippen molar-refractivity contribution in [1.82, 2.24) is 19.7 Å². The Hall–Kier alpha value is -3.84. The van der Waals surface area contributed by atoms with E-state index in [1.165, 1.54) is 11.8 Å². The summed E-state index contributed by atoms with van der Waals surface area (Å²) in [5, 5.41) is 10.9. The standard InChI is InChI=1S/C28H27N5OS/c1-19(2)32(21-12-5-4-6-13-21)26(34)18-35-28-31-30-27(33(28)25-16-10-7-11-20(25)3)23-17-29-24-15-9-8-14-22(23)24/h4-17,19,29H,18H2,1-3H3. The number of benzene rings is 3. The minimum atomic E-state index is 0.0316. The van der Waals surface area contributed by atoms with E-state index in [0.717, 1.165) is 39.2 Å². The molecule has 0 unspecified atom stereocenters. The van der Waals surface area contributed by atoms with Crippen molar-refractivity contribution in [3.63, 3.8) is 0 Å². The monoisotopic (exact) mass is 481 g/mol. The third-order valence-electron chi connectivity index (χ3n) is 5.96. The fourth-order valence-electron chi connectivity index (χ4n) is 4.34. The maximum Gasteiger partial charge on any atom is 0.237 e. The van der Waals surface area contributed by atoms with Crippen LogP contribution in [-0.2, 0) is 4.79 Å². The minimum Gasteiger partial charge on any atom is -0.360 e. The number of aryl methyl sites for hydroxylation is 1. The number of hydrogen-bond acceptors (Lipinski definition) is 4. The Morgan fingerprint density at radius 3 is 2.46 bits per heavy atom. The number of carbonyl (C=O) groups excluding carboxylic acids is 1. The van der Waals surface area contributed by atoms with Crippen LogP contribution in [0.2, 0.25) is 0 Å². The van der Waals surface area contributed by atoms with Crippen molar-refractivity contribution in [2.75, 3.05) is 10.7 Å². The Morgan fingerprint density at radius 2 is 1.69 bits per heavy atom. The van der Waals surface area contributed by atoms with Gasteiger partial charge in [-0.1, -0.05) is 66.4 Å². The zero-order valence-corrected chi connectivity index (χ0v) is 20.8. The van der Waals surface area contributed by atoms with Crippen LogP contribution in [0.15, 0.2) is 90.2 Å². The first-order valence-electron chi connectivity index (χ1n) is 11.6. The average molecular weight is 482 g/mol. The van der Waals surface area contributed by atoms with Crippen LogP contribution >= 0.6 is 11.8 Å².